The van der Waals surface area contributed by atoms with Gasteiger partial charge in [0.1, 0.15) is 0 Å². The van der Waals surface area contributed by atoms with Gasteiger partial charge in [-0.25, -0.2) is 0 Å². The van der Waals surface area contributed by atoms with Gasteiger partial charge in [0.15, 0.2) is 0 Å². The number of hydrogen-bond donors (Lipinski definition) is 0. The standard InChI is InChI=1S/C15H22S/c1-7-15(16-13(4)5)11-14(6)10-8-9-12(2)3/h7-10H,2,4,11H2,1,3,5-6H3/b9-8-,14-10-,15-7-. The molecule has 0 aromatic carbocycles. The van der Waals surface area contributed by atoms with E-state index in [1.807, 2.05) is 19.9 Å². The van der Waals surface area contributed by atoms with Gasteiger partial charge in [-0.1, -0.05) is 60.4 Å². The molecule has 0 aromatic heterocycles. The van der Waals surface area contributed by atoms with Gasteiger partial charge in [0.25, 0.3) is 0 Å². The first-order valence-corrected chi connectivity index (χ1v) is 6.25. The Kier molecular flexibility index (Phi) is 7.74. The van der Waals surface area contributed by atoms with Crippen LogP contribution in [0.3, 0.4) is 0 Å². The SMILES string of the molecule is C=C(C)/C=C\C=C(\C)C/C(=C/C)SC(=C)C. The molecule has 0 N–H and O–H groups in total. The highest BCUT2D eigenvalue weighted by Crippen LogP contribution is 2.28. The topological polar surface area (TPSA) is 0 Å². The van der Waals surface area contributed by atoms with E-state index in [2.05, 4.69) is 45.2 Å². The van der Waals surface area contributed by atoms with Crippen LogP contribution in [-0.4, -0.2) is 0 Å². The van der Waals surface area contributed by atoms with Crippen molar-refractivity contribution >= 4 is 11.8 Å². The van der Waals surface area contributed by atoms with Crippen molar-refractivity contribution in [2.75, 3.05) is 0 Å². The second-order valence-electron chi connectivity index (χ2n) is 3.95. The van der Waals surface area contributed by atoms with Gasteiger partial charge in [-0.05, 0) is 43.9 Å². The zero-order valence-corrected chi connectivity index (χ0v) is 11.7. The predicted molar refractivity (Wildman–Crippen MR) is 78.5 cm³/mol. The second kappa shape index (κ2) is 8.23. The molecule has 0 rings (SSSR count). The lowest BCUT2D eigenvalue weighted by molar-refractivity contribution is 1.19. The van der Waals surface area contributed by atoms with E-state index < -0.39 is 0 Å². The largest absolute Gasteiger partial charge is 0.0999 e. The molecule has 88 valence electrons. The van der Waals surface area contributed by atoms with Crippen molar-refractivity contribution in [3.63, 3.8) is 0 Å². The minimum absolute atomic E-state index is 0.995. The summed E-state index contributed by atoms with van der Waals surface area (Å²) in [5.74, 6) is 0. The van der Waals surface area contributed by atoms with Gasteiger partial charge in [-0.15, -0.1) is 0 Å². The number of allylic oxidation sites excluding steroid dienone is 8. The van der Waals surface area contributed by atoms with Crippen molar-refractivity contribution in [1.82, 2.24) is 0 Å². The molecule has 0 radical (unpaired) electrons. The summed E-state index contributed by atoms with van der Waals surface area (Å²) < 4.78 is 0. The summed E-state index contributed by atoms with van der Waals surface area (Å²) in [6.45, 7) is 16.0. The molecule has 0 amide bonds. The molecule has 0 aliphatic rings. The smallest absolute Gasteiger partial charge is 0.000644 e. The minimum atomic E-state index is 0.995. The zero-order chi connectivity index (χ0) is 12.6. The third kappa shape index (κ3) is 8.37. The monoisotopic (exact) mass is 234 g/mol. The highest BCUT2D eigenvalue weighted by Gasteiger charge is 1.98. The molecule has 0 bridgehead atoms. The molecule has 0 aliphatic carbocycles. The van der Waals surface area contributed by atoms with E-state index in [0.29, 0.717) is 0 Å². The summed E-state index contributed by atoms with van der Waals surface area (Å²) in [7, 11) is 0. The van der Waals surface area contributed by atoms with Crippen molar-refractivity contribution in [1.29, 1.82) is 0 Å². The van der Waals surface area contributed by atoms with Crippen LogP contribution in [0.25, 0.3) is 0 Å². The lowest BCUT2D eigenvalue weighted by Gasteiger charge is -2.05. The zero-order valence-electron chi connectivity index (χ0n) is 10.8. The Hall–Kier alpha value is -0.950. The fraction of sp³-hybridized carbons (Fsp3) is 0.333. The molecule has 0 nitrogen and oxygen atoms in total. The van der Waals surface area contributed by atoms with Crippen molar-refractivity contribution in [2.24, 2.45) is 0 Å². The van der Waals surface area contributed by atoms with Crippen LogP contribution in [-0.2, 0) is 0 Å². The van der Waals surface area contributed by atoms with Crippen LogP contribution in [0.4, 0.5) is 0 Å². The van der Waals surface area contributed by atoms with Crippen LogP contribution in [0, 0.1) is 0 Å². The van der Waals surface area contributed by atoms with Gasteiger partial charge in [-0.3, -0.25) is 0 Å². The molecule has 0 saturated carbocycles. The highest BCUT2D eigenvalue weighted by molar-refractivity contribution is 8.06. The average molecular weight is 234 g/mol. The van der Waals surface area contributed by atoms with E-state index in [-0.39, 0.29) is 0 Å². The van der Waals surface area contributed by atoms with Gasteiger partial charge in [-0.2, -0.15) is 0 Å². The van der Waals surface area contributed by atoms with E-state index in [4.69, 9.17) is 0 Å². The third-order valence-corrected chi connectivity index (χ3v) is 2.83. The molecule has 0 atom stereocenters. The van der Waals surface area contributed by atoms with Gasteiger partial charge in [0.2, 0.25) is 0 Å². The Bertz CT molecular complexity index is 340. The van der Waals surface area contributed by atoms with Gasteiger partial charge in [0, 0.05) is 0 Å². The first-order valence-electron chi connectivity index (χ1n) is 5.43. The molecule has 1 heteroatoms. The Morgan fingerprint density at radius 2 is 1.81 bits per heavy atom. The van der Waals surface area contributed by atoms with Crippen LogP contribution in [0.5, 0.6) is 0 Å². The molecule has 0 saturated heterocycles. The summed E-state index contributed by atoms with van der Waals surface area (Å²) in [6.07, 6.45) is 9.35. The van der Waals surface area contributed by atoms with Gasteiger partial charge in [0.05, 0.1) is 0 Å². The fourth-order valence-corrected chi connectivity index (χ4v) is 2.00. The number of rotatable bonds is 6. The van der Waals surface area contributed by atoms with E-state index in [1.54, 1.807) is 11.8 Å². The quantitative estimate of drug-likeness (QED) is 0.537. The summed E-state index contributed by atoms with van der Waals surface area (Å²) in [6, 6.07) is 0. The van der Waals surface area contributed by atoms with Crippen LogP contribution in [0.15, 0.2) is 58.4 Å². The third-order valence-electron chi connectivity index (χ3n) is 1.84. The Morgan fingerprint density at radius 1 is 1.19 bits per heavy atom. The van der Waals surface area contributed by atoms with Crippen LogP contribution >= 0.6 is 11.8 Å². The van der Waals surface area contributed by atoms with Crippen molar-refractivity contribution in [3.8, 4) is 0 Å². The van der Waals surface area contributed by atoms with Crippen molar-refractivity contribution < 1.29 is 0 Å². The molecule has 0 spiro atoms. The maximum absolute atomic E-state index is 3.91. The summed E-state index contributed by atoms with van der Waals surface area (Å²) in [5, 5.41) is 0. The molecular formula is C15H22S. The van der Waals surface area contributed by atoms with Crippen LogP contribution in [0.2, 0.25) is 0 Å². The molecule has 0 heterocycles. The maximum Gasteiger partial charge on any atom is -0.000644 e. The minimum Gasteiger partial charge on any atom is -0.0999 e. The van der Waals surface area contributed by atoms with E-state index in [9.17, 15) is 0 Å². The Balaban J connectivity index is 4.36. The molecule has 16 heavy (non-hydrogen) atoms. The number of thioether (sulfide) groups is 1. The predicted octanol–water partition coefficient (Wildman–Crippen LogP) is 5.63. The molecule has 0 fully saturated rings. The normalized spacial score (nSPS) is 13.2. The number of hydrogen-bond acceptors (Lipinski definition) is 1. The summed E-state index contributed by atoms with van der Waals surface area (Å²) in [5.41, 5.74) is 2.42. The molecule has 0 aliphatic heterocycles. The van der Waals surface area contributed by atoms with Crippen molar-refractivity contribution in [2.45, 2.75) is 34.1 Å². The van der Waals surface area contributed by atoms with Gasteiger partial charge < -0.3 is 0 Å². The Morgan fingerprint density at radius 3 is 2.25 bits per heavy atom. The first-order chi connectivity index (χ1) is 7.45. The second-order valence-corrected chi connectivity index (χ2v) is 5.38. The van der Waals surface area contributed by atoms with Crippen LogP contribution in [0.1, 0.15) is 34.1 Å². The molecule has 0 unspecified atom stereocenters. The molecule has 0 aromatic rings. The first kappa shape index (κ1) is 15.0. The lowest BCUT2D eigenvalue weighted by Crippen LogP contribution is -1.80. The summed E-state index contributed by atoms with van der Waals surface area (Å²) in [4.78, 5) is 2.49. The highest BCUT2D eigenvalue weighted by atomic mass is 32.2. The Labute approximate surface area is 105 Å². The maximum atomic E-state index is 3.91. The van der Waals surface area contributed by atoms with E-state index >= 15 is 0 Å². The van der Waals surface area contributed by atoms with Gasteiger partial charge >= 0.3 is 0 Å². The fourth-order valence-electron chi connectivity index (χ4n) is 1.13. The van der Waals surface area contributed by atoms with E-state index in [0.717, 1.165) is 16.9 Å². The van der Waals surface area contributed by atoms with Crippen molar-refractivity contribution in [3.05, 3.63) is 58.4 Å². The van der Waals surface area contributed by atoms with Crippen LogP contribution < -0.4 is 0 Å². The summed E-state index contributed by atoms with van der Waals surface area (Å²) >= 11 is 1.75. The average Bonchev–Trinajstić information content (AvgIpc) is 2.15. The van der Waals surface area contributed by atoms with E-state index in [1.165, 1.54) is 10.5 Å². The lowest BCUT2D eigenvalue weighted by atomic mass is 10.2. The molecular weight excluding hydrogens is 212 g/mol.